The van der Waals surface area contributed by atoms with Crippen molar-refractivity contribution in [2.45, 2.75) is 32.1 Å². The minimum absolute atomic E-state index is 0.0930. The zero-order valence-electron chi connectivity index (χ0n) is 10.5. The Morgan fingerprint density at radius 2 is 2.22 bits per heavy atom. The van der Waals surface area contributed by atoms with Gasteiger partial charge in [-0.25, -0.2) is 4.98 Å². The molecule has 3 rings (SSSR count). The second-order valence-electron chi connectivity index (χ2n) is 5.49. The Kier molecular flexibility index (Phi) is 3.26. The van der Waals surface area contributed by atoms with E-state index in [4.69, 9.17) is 0 Å². The van der Waals surface area contributed by atoms with Crippen molar-refractivity contribution in [2.24, 2.45) is 17.8 Å². The summed E-state index contributed by atoms with van der Waals surface area (Å²) in [5, 5.41) is 3.01. The molecular formula is C14H19N3O. The quantitative estimate of drug-likeness (QED) is 0.886. The van der Waals surface area contributed by atoms with Crippen LogP contribution < -0.4 is 5.32 Å². The van der Waals surface area contributed by atoms with Gasteiger partial charge < -0.3 is 5.32 Å². The van der Waals surface area contributed by atoms with Crippen molar-refractivity contribution in [3.8, 4) is 0 Å². The molecule has 0 aromatic carbocycles. The van der Waals surface area contributed by atoms with Gasteiger partial charge in [-0.15, -0.1) is 0 Å². The normalized spacial score (nSPS) is 30.1. The van der Waals surface area contributed by atoms with Gasteiger partial charge in [-0.3, -0.25) is 9.78 Å². The molecule has 2 aliphatic rings. The van der Waals surface area contributed by atoms with Crippen molar-refractivity contribution in [3.63, 3.8) is 0 Å². The van der Waals surface area contributed by atoms with Crippen LogP contribution in [-0.4, -0.2) is 22.4 Å². The number of carbonyl (C=O) groups is 1. The van der Waals surface area contributed by atoms with E-state index in [-0.39, 0.29) is 5.91 Å². The van der Waals surface area contributed by atoms with Crippen molar-refractivity contribution < 1.29 is 4.79 Å². The number of nitrogens with zero attached hydrogens (tertiary/aromatic N) is 2. The van der Waals surface area contributed by atoms with Crippen LogP contribution in [0.4, 0.5) is 0 Å². The van der Waals surface area contributed by atoms with Crippen LogP contribution in [0.1, 0.15) is 42.6 Å². The van der Waals surface area contributed by atoms with Gasteiger partial charge in [0.25, 0.3) is 5.91 Å². The summed E-state index contributed by atoms with van der Waals surface area (Å²) >= 11 is 0. The van der Waals surface area contributed by atoms with E-state index in [0.29, 0.717) is 11.6 Å². The molecule has 0 radical (unpaired) electrons. The summed E-state index contributed by atoms with van der Waals surface area (Å²) in [6.07, 6.45) is 11.4. The van der Waals surface area contributed by atoms with Crippen molar-refractivity contribution in [2.75, 3.05) is 6.54 Å². The van der Waals surface area contributed by atoms with E-state index in [0.717, 1.165) is 18.4 Å². The predicted molar refractivity (Wildman–Crippen MR) is 67.9 cm³/mol. The number of amides is 1. The third-order valence-electron chi connectivity index (χ3n) is 4.55. The number of aromatic nitrogens is 2. The molecule has 4 nitrogen and oxygen atoms in total. The molecule has 3 atom stereocenters. The number of hydrogen-bond acceptors (Lipinski definition) is 3. The zero-order valence-corrected chi connectivity index (χ0v) is 10.5. The van der Waals surface area contributed by atoms with E-state index < -0.39 is 0 Å². The number of hydrogen-bond donors (Lipinski definition) is 1. The highest BCUT2D eigenvalue weighted by Crippen LogP contribution is 2.47. The van der Waals surface area contributed by atoms with Gasteiger partial charge in [0.2, 0.25) is 0 Å². The lowest BCUT2D eigenvalue weighted by atomic mass is 9.92. The topological polar surface area (TPSA) is 54.9 Å². The molecule has 1 amide bonds. The Morgan fingerprint density at radius 1 is 1.28 bits per heavy atom. The Morgan fingerprint density at radius 3 is 3.06 bits per heavy atom. The third-order valence-corrected chi connectivity index (χ3v) is 4.55. The fraction of sp³-hybridized carbons (Fsp3) is 0.643. The van der Waals surface area contributed by atoms with E-state index in [9.17, 15) is 4.79 Å². The molecule has 96 valence electrons. The maximum atomic E-state index is 11.9. The molecule has 4 heteroatoms. The molecule has 1 heterocycles. The van der Waals surface area contributed by atoms with Gasteiger partial charge in [-0.1, -0.05) is 12.8 Å². The van der Waals surface area contributed by atoms with Gasteiger partial charge in [0.05, 0.1) is 6.20 Å². The van der Waals surface area contributed by atoms with E-state index in [1.165, 1.54) is 38.3 Å². The number of nitrogens with one attached hydrogen (secondary N) is 1. The van der Waals surface area contributed by atoms with Crippen LogP contribution in [0.3, 0.4) is 0 Å². The van der Waals surface area contributed by atoms with Crippen LogP contribution in [0.2, 0.25) is 0 Å². The maximum absolute atomic E-state index is 11.9. The summed E-state index contributed by atoms with van der Waals surface area (Å²) in [5.74, 6) is 2.37. The van der Waals surface area contributed by atoms with Gasteiger partial charge in [0, 0.05) is 18.9 Å². The Labute approximate surface area is 107 Å². The summed E-state index contributed by atoms with van der Waals surface area (Å²) < 4.78 is 0. The Hall–Kier alpha value is -1.45. The maximum Gasteiger partial charge on any atom is 0.271 e. The van der Waals surface area contributed by atoms with Crippen molar-refractivity contribution in [3.05, 3.63) is 24.3 Å². The first-order chi connectivity index (χ1) is 8.84. The zero-order chi connectivity index (χ0) is 12.4. The van der Waals surface area contributed by atoms with Crippen LogP contribution in [0.5, 0.6) is 0 Å². The number of rotatable bonds is 3. The molecule has 1 N–H and O–H groups in total. The highest BCUT2D eigenvalue weighted by atomic mass is 16.1. The van der Waals surface area contributed by atoms with E-state index in [1.807, 2.05) is 0 Å². The number of fused-ring (bicyclic) bond motifs is 1. The molecule has 0 spiro atoms. The smallest absolute Gasteiger partial charge is 0.271 e. The first kappa shape index (κ1) is 11.6. The summed E-state index contributed by atoms with van der Waals surface area (Å²) in [4.78, 5) is 19.8. The van der Waals surface area contributed by atoms with Crippen molar-refractivity contribution >= 4 is 5.91 Å². The molecule has 2 saturated carbocycles. The highest BCUT2D eigenvalue weighted by molar-refractivity contribution is 5.91. The lowest BCUT2D eigenvalue weighted by Crippen LogP contribution is -2.31. The highest BCUT2D eigenvalue weighted by Gasteiger charge is 2.38. The summed E-state index contributed by atoms with van der Waals surface area (Å²) in [7, 11) is 0. The molecule has 0 bridgehead atoms. The summed E-state index contributed by atoms with van der Waals surface area (Å²) in [6, 6.07) is 0. The van der Waals surface area contributed by atoms with Crippen molar-refractivity contribution in [1.29, 1.82) is 0 Å². The summed E-state index contributed by atoms with van der Waals surface area (Å²) in [5.41, 5.74) is 0.415. The van der Waals surface area contributed by atoms with Crippen LogP contribution in [0.25, 0.3) is 0 Å². The van der Waals surface area contributed by atoms with Crippen molar-refractivity contribution in [1.82, 2.24) is 15.3 Å². The van der Waals surface area contributed by atoms with Crippen LogP contribution in [0, 0.1) is 17.8 Å². The van der Waals surface area contributed by atoms with Gasteiger partial charge in [0.1, 0.15) is 5.69 Å². The van der Waals surface area contributed by atoms with Gasteiger partial charge in [0.15, 0.2) is 0 Å². The molecule has 0 aliphatic heterocycles. The third kappa shape index (κ3) is 2.24. The molecular weight excluding hydrogens is 226 g/mol. The molecule has 1 aromatic rings. The molecule has 1 aromatic heterocycles. The molecule has 18 heavy (non-hydrogen) atoms. The second kappa shape index (κ2) is 5.04. The van der Waals surface area contributed by atoms with Gasteiger partial charge >= 0.3 is 0 Å². The van der Waals surface area contributed by atoms with Gasteiger partial charge in [-0.2, -0.15) is 0 Å². The Bertz CT molecular complexity index is 420. The van der Waals surface area contributed by atoms with Crippen LogP contribution >= 0.6 is 0 Å². The molecule has 2 aliphatic carbocycles. The van der Waals surface area contributed by atoms with Gasteiger partial charge in [-0.05, 0) is 37.0 Å². The molecule has 0 unspecified atom stereocenters. The first-order valence-corrected chi connectivity index (χ1v) is 6.89. The fourth-order valence-electron chi connectivity index (χ4n) is 3.67. The minimum Gasteiger partial charge on any atom is -0.350 e. The van der Waals surface area contributed by atoms with Crippen LogP contribution in [-0.2, 0) is 0 Å². The average Bonchev–Trinajstić information content (AvgIpc) is 3.00. The lowest BCUT2D eigenvalue weighted by Gasteiger charge is -2.18. The fourth-order valence-corrected chi connectivity index (χ4v) is 3.67. The minimum atomic E-state index is -0.0930. The monoisotopic (exact) mass is 245 g/mol. The largest absolute Gasteiger partial charge is 0.350 e. The molecule has 0 saturated heterocycles. The van der Waals surface area contributed by atoms with E-state index in [1.54, 1.807) is 12.4 Å². The average molecular weight is 245 g/mol. The van der Waals surface area contributed by atoms with E-state index in [2.05, 4.69) is 15.3 Å². The molecule has 2 fully saturated rings. The Balaban J connectivity index is 1.54. The predicted octanol–water partition coefficient (Wildman–Crippen LogP) is 2.03. The number of carbonyl (C=O) groups excluding carboxylic acids is 1. The SMILES string of the molecule is O=C(NC[C@H]1CC[C@@H]2CCC[C@@H]21)c1cnccn1. The second-order valence-corrected chi connectivity index (χ2v) is 5.49. The first-order valence-electron chi connectivity index (χ1n) is 6.89. The van der Waals surface area contributed by atoms with E-state index >= 15 is 0 Å². The lowest BCUT2D eigenvalue weighted by molar-refractivity contribution is 0.0938. The van der Waals surface area contributed by atoms with Crippen LogP contribution in [0.15, 0.2) is 18.6 Å². The standard InChI is InChI=1S/C14H19N3O/c18-14(13-9-15-6-7-16-13)17-8-11-5-4-10-2-1-3-12(10)11/h6-7,9-12H,1-5,8H2,(H,17,18)/t10-,11+,12-/m0/s1. The summed E-state index contributed by atoms with van der Waals surface area (Å²) in [6.45, 7) is 0.802.